The number of nitrogens with zero attached hydrogens (tertiary/aromatic N) is 1. The number of urea groups is 1. The van der Waals surface area contributed by atoms with Gasteiger partial charge in [0.05, 0.1) is 24.3 Å². The first-order valence-corrected chi connectivity index (χ1v) is 8.20. The zero-order chi connectivity index (χ0) is 19.1. The highest BCUT2D eigenvalue weighted by atomic mass is 16.5. The third-order valence-electron chi connectivity index (χ3n) is 3.64. The summed E-state index contributed by atoms with van der Waals surface area (Å²) in [4.78, 5) is 16.3. The van der Waals surface area contributed by atoms with Gasteiger partial charge in [0.25, 0.3) is 0 Å². The first kappa shape index (κ1) is 19.2. The van der Waals surface area contributed by atoms with Gasteiger partial charge in [0.15, 0.2) is 0 Å². The summed E-state index contributed by atoms with van der Waals surface area (Å²) in [6.45, 7) is 3.72. The van der Waals surface area contributed by atoms with Crippen LogP contribution in [-0.2, 0) is 4.74 Å². The van der Waals surface area contributed by atoms with Crippen LogP contribution in [0.5, 0.6) is 0 Å². The summed E-state index contributed by atoms with van der Waals surface area (Å²) in [5.74, 6) is 0.150. The molecule has 26 heavy (non-hydrogen) atoms. The van der Waals surface area contributed by atoms with Crippen LogP contribution < -0.4 is 16.4 Å². The van der Waals surface area contributed by atoms with Gasteiger partial charge in [0.2, 0.25) is 5.90 Å². The third kappa shape index (κ3) is 4.93. The third-order valence-corrected chi connectivity index (χ3v) is 3.64. The van der Waals surface area contributed by atoms with E-state index >= 15 is 0 Å². The van der Waals surface area contributed by atoms with E-state index in [1.807, 2.05) is 30.3 Å². The molecule has 2 atom stereocenters. The van der Waals surface area contributed by atoms with Crippen molar-refractivity contribution in [3.8, 4) is 0 Å². The lowest BCUT2D eigenvalue weighted by Crippen LogP contribution is -2.38. The van der Waals surface area contributed by atoms with Gasteiger partial charge in [0, 0.05) is 18.0 Å². The lowest BCUT2D eigenvalue weighted by atomic mass is 10.0. The summed E-state index contributed by atoms with van der Waals surface area (Å²) < 4.78 is 5.09. The van der Waals surface area contributed by atoms with E-state index in [0.717, 1.165) is 5.56 Å². The number of aromatic nitrogens is 1. The number of hydrogen-bond donors (Lipinski definition) is 5. The zero-order valence-electron chi connectivity index (χ0n) is 14.7. The van der Waals surface area contributed by atoms with Crippen LogP contribution in [0.1, 0.15) is 31.0 Å². The zero-order valence-corrected chi connectivity index (χ0v) is 14.7. The van der Waals surface area contributed by atoms with Crippen molar-refractivity contribution in [3.05, 3.63) is 53.7 Å². The van der Waals surface area contributed by atoms with Crippen molar-refractivity contribution in [1.29, 1.82) is 5.41 Å². The molecule has 0 aliphatic heterocycles. The average Bonchev–Trinajstić information content (AvgIpc) is 2.60. The molecule has 2 amide bonds. The number of pyridine rings is 1. The number of aliphatic hydroxyl groups is 1. The molecule has 8 heteroatoms. The molecule has 8 nitrogen and oxygen atoms in total. The fourth-order valence-corrected chi connectivity index (χ4v) is 2.39. The van der Waals surface area contributed by atoms with Gasteiger partial charge in [-0.1, -0.05) is 30.3 Å². The maximum absolute atomic E-state index is 12.3. The van der Waals surface area contributed by atoms with Crippen molar-refractivity contribution >= 4 is 23.4 Å². The fourth-order valence-electron chi connectivity index (χ4n) is 2.39. The highest BCUT2D eigenvalue weighted by Crippen LogP contribution is 2.18. The number of nitrogens with two attached hydrogens (primary N) is 1. The number of amides is 2. The second-order valence-corrected chi connectivity index (χ2v) is 5.65. The minimum Gasteiger partial charge on any atom is -0.478 e. The number of ether oxygens (including phenoxy) is 1. The molecule has 2 aromatic rings. The van der Waals surface area contributed by atoms with Crippen LogP contribution in [0.3, 0.4) is 0 Å². The topological polar surface area (TPSA) is 133 Å². The first-order valence-electron chi connectivity index (χ1n) is 8.20. The van der Waals surface area contributed by atoms with Crippen molar-refractivity contribution in [3.63, 3.8) is 0 Å². The number of carbonyl (C=O) groups excluding carboxylic acids is 1. The molecule has 0 spiro atoms. The molecular formula is C18H23N5O3. The molecule has 0 unspecified atom stereocenters. The van der Waals surface area contributed by atoms with E-state index in [1.54, 1.807) is 13.8 Å². The fraction of sp³-hybridized carbons (Fsp3) is 0.278. The smallest absolute Gasteiger partial charge is 0.320 e. The lowest BCUT2D eigenvalue weighted by Gasteiger charge is -2.22. The van der Waals surface area contributed by atoms with Gasteiger partial charge in [-0.15, -0.1) is 0 Å². The number of nitrogen functional groups attached to an aromatic ring is 1. The molecular weight excluding hydrogens is 334 g/mol. The molecule has 0 bridgehead atoms. The largest absolute Gasteiger partial charge is 0.478 e. The standard InChI is InChI=1S/C18H23N5O3/c1-3-26-17(20)13-10-21-15(9-14(13)19)22-18(25)23-16(11(2)24)12-7-5-4-6-8-12/h4-11,16,20,24H,3H2,1-2H3,(H4,19,21,22,23,25)/t11-,16-/m1/s1. The van der Waals surface area contributed by atoms with E-state index in [9.17, 15) is 9.90 Å². The quantitative estimate of drug-likeness (QED) is 0.399. The Balaban J connectivity index is 2.07. The highest BCUT2D eigenvalue weighted by molar-refractivity contribution is 5.97. The van der Waals surface area contributed by atoms with Crippen LogP contribution >= 0.6 is 0 Å². The Morgan fingerprint density at radius 1 is 1.38 bits per heavy atom. The maximum Gasteiger partial charge on any atom is 0.320 e. The van der Waals surface area contributed by atoms with E-state index in [2.05, 4.69) is 15.6 Å². The summed E-state index contributed by atoms with van der Waals surface area (Å²) in [5.41, 5.74) is 7.30. The van der Waals surface area contributed by atoms with E-state index < -0.39 is 18.2 Å². The Morgan fingerprint density at radius 3 is 2.65 bits per heavy atom. The van der Waals surface area contributed by atoms with E-state index in [-0.39, 0.29) is 17.4 Å². The Kier molecular flexibility index (Phi) is 6.51. The summed E-state index contributed by atoms with van der Waals surface area (Å²) in [5, 5.41) is 23.0. The van der Waals surface area contributed by atoms with Crippen LogP contribution in [0.15, 0.2) is 42.6 Å². The minimum atomic E-state index is -0.782. The van der Waals surface area contributed by atoms with Crippen molar-refractivity contribution in [2.24, 2.45) is 0 Å². The number of hydrogen-bond acceptors (Lipinski definition) is 6. The maximum atomic E-state index is 12.3. The summed E-state index contributed by atoms with van der Waals surface area (Å²) in [7, 11) is 0. The SMILES string of the molecule is CCOC(=N)c1cnc(NC(=O)N[C@@H](c2ccccc2)[C@@H](C)O)cc1N. The second-order valence-electron chi connectivity index (χ2n) is 5.65. The van der Waals surface area contributed by atoms with Crippen LogP contribution in [0.25, 0.3) is 0 Å². The number of rotatable bonds is 6. The van der Waals surface area contributed by atoms with Crippen LogP contribution in [0.2, 0.25) is 0 Å². The van der Waals surface area contributed by atoms with Crippen LogP contribution in [-0.4, -0.2) is 34.7 Å². The van der Waals surface area contributed by atoms with Crippen molar-refractivity contribution < 1.29 is 14.6 Å². The van der Waals surface area contributed by atoms with Gasteiger partial charge in [-0.2, -0.15) is 0 Å². The molecule has 2 rings (SSSR count). The number of carbonyl (C=O) groups is 1. The van der Waals surface area contributed by atoms with Gasteiger partial charge >= 0.3 is 6.03 Å². The number of benzene rings is 1. The molecule has 0 fully saturated rings. The molecule has 1 aromatic carbocycles. The van der Waals surface area contributed by atoms with Gasteiger partial charge in [-0.25, -0.2) is 9.78 Å². The van der Waals surface area contributed by atoms with E-state index in [0.29, 0.717) is 12.2 Å². The Labute approximate surface area is 151 Å². The predicted octanol–water partition coefficient (Wildman–Crippen LogP) is 2.27. The highest BCUT2D eigenvalue weighted by Gasteiger charge is 2.20. The first-order chi connectivity index (χ1) is 12.4. The number of nitrogens with one attached hydrogen (secondary N) is 3. The van der Waals surface area contributed by atoms with Gasteiger partial charge in [0.1, 0.15) is 5.82 Å². The molecule has 1 aromatic heterocycles. The molecule has 138 valence electrons. The molecule has 0 aliphatic rings. The van der Waals surface area contributed by atoms with Crippen LogP contribution in [0.4, 0.5) is 16.3 Å². The molecule has 0 saturated heterocycles. The minimum absolute atomic E-state index is 0.0771. The average molecular weight is 357 g/mol. The predicted molar refractivity (Wildman–Crippen MR) is 100 cm³/mol. The summed E-state index contributed by atoms with van der Waals surface area (Å²) in [6, 6.07) is 9.51. The van der Waals surface area contributed by atoms with Crippen molar-refractivity contribution in [2.75, 3.05) is 17.7 Å². The lowest BCUT2D eigenvalue weighted by molar-refractivity contribution is 0.148. The normalized spacial score (nSPS) is 12.7. The summed E-state index contributed by atoms with van der Waals surface area (Å²) in [6.07, 6.45) is 0.585. The van der Waals surface area contributed by atoms with E-state index in [4.69, 9.17) is 15.9 Å². The monoisotopic (exact) mass is 357 g/mol. The van der Waals surface area contributed by atoms with E-state index in [1.165, 1.54) is 12.3 Å². The molecule has 0 saturated carbocycles. The molecule has 6 N–H and O–H groups in total. The second kappa shape index (κ2) is 8.82. The number of aliphatic hydroxyl groups excluding tert-OH is 1. The van der Waals surface area contributed by atoms with Crippen molar-refractivity contribution in [1.82, 2.24) is 10.3 Å². The number of anilines is 2. The van der Waals surface area contributed by atoms with Gasteiger partial charge < -0.3 is 20.9 Å². The molecule has 1 heterocycles. The molecule has 0 aliphatic carbocycles. The summed E-state index contributed by atoms with van der Waals surface area (Å²) >= 11 is 0. The Morgan fingerprint density at radius 2 is 2.08 bits per heavy atom. The van der Waals surface area contributed by atoms with Gasteiger partial charge in [-0.3, -0.25) is 10.7 Å². The van der Waals surface area contributed by atoms with Crippen LogP contribution in [0, 0.1) is 5.41 Å². The van der Waals surface area contributed by atoms with Gasteiger partial charge in [-0.05, 0) is 19.4 Å². The Bertz CT molecular complexity index is 765. The molecule has 0 radical (unpaired) electrons. The van der Waals surface area contributed by atoms with Crippen molar-refractivity contribution in [2.45, 2.75) is 26.0 Å². The Hall–Kier alpha value is -3.13.